The van der Waals surface area contributed by atoms with Crippen LogP contribution in [0.4, 0.5) is 4.79 Å². The highest BCUT2D eigenvalue weighted by atomic mass is 16.6. The van der Waals surface area contributed by atoms with Crippen LogP contribution < -0.4 is 0 Å². The molecule has 2 atom stereocenters. The minimum atomic E-state index is -0.436. The number of hydrogen-bond acceptors (Lipinski definition) is 4. The zero-order valence-corrected chi connectivity index (χ0v) is 15.0. The van der Waals surface area contributed by atoms with Gasteiger partial charge in [0.05, 0.1) is 12.3 Å². The van der Waals surface area contributed by atoms with Gasteiger partial charge in [-0.25, -0.2) is 4.79 Å². The van der Waals surface area contributed by atoms with Crippen molar-refractivity contribution in [3.05, 3.63) is 24.2 Å². The van der Waals surface area contributed by atoms with E-state index in [0.717, 1.165) is 38.2 Å². The van der Waals surface area contributed by atoms with Gasteiger partial charge >= 0.3 is 6.09 Å². The van der Waals surface area contributed by atoms with E-state index in [0.29, 0.717) is 5.92 Å². The molecule has 5 nitrogen and oxygen atoms in total. The van der Waals surface area contributed by atoms with Crippen molar-refractivity contribution in [2.45, 2.75) is 52.2 Å². The van der Waals surface area contributed by atoms with Gasteiger partial charge in [-0.15, -0.1) is 0 Å². The van der Waals surface area contributed by atoms with Gasteiger partial charge in [-0.2, -0.15) is 0 Å². The first-order valence-electron chi connectivity index (χ1n) is 8.48. The maximum atomic E-state index is 12.2. The maximum absolute atomic E-state index is 12.2. The summed E-state index contributed by atoms with van der Waals surface area (Å²) in [4.78, 5) is 16.4. The molecule has 1 aliphatic heterocycles. The number of piperidine rings is 1. The average molecular weight is 322 g/mol. The second kappa shape index (κ2) is 7.39. The number of carbonyl (C=O) groups is 1. The lowest BCUT2D eigenvalue weighted by atomic mass is 9.97. The van der Waals surface area contributed by atoms with E-state index < -0.39 is 5.60 Å². The summed E-state index contributed by atoms with van der Waals surface area (Å²) >= 11 is 0. The number of hydrogen-bond donors (Lipinski definition) is 0. The van der Waals surface area contributed by atoms with Crippen molar-refractivity contribution in [1.82, 2.24) is 9.80 Å². The Hall–Kier alpha value is -1.49. The molecule has 0 aromatic carbocycles. The van der Waals surface area contributed by atoms with Gasteiger partial charge in [-0.05, 0) is 65.6 Å². The van der Waals surface area contributed by atoms with Crippen molar-refractivity contribution in [2.24, 2.45) is 5.92 Å². The van der Waals surface area contributed by atoms with E-state index in [2.05, 4.69) is 18.9 Å². The molecule has 1 aromatic heterocycles. The summed E-state index contributed by atoms with van der Waals surface area (Å²) in [5, 5.41) is 0. The molecule has 0 radical (unpaired) electrons. The SMILES string of the molecule is C[C@@H](c1ccco1)N(C)C[C@@H]1CCCN(C(=O)OC(C)(C)C)C1. The quantitative estimate of drug-likeness (QED) is 0.843. The van der Waals surface area contributed by atoms with Crippen LogP contribution in [-0.4, -0.2) is 48.2 Å². The Kier molecular flexibility index (Phi) is 5.74. The van der Waals surface area contributed by atoms with Gasteiger partial charge < -0.3 is 14.1 Å². The topological polar surface area (TPSA) is 45.9 Å². The highest BCUT2D eigenvalue weighted by Crippen LogP contribution is 2.24. The summed E-state index contributed by atoms with van der Waals surface area (Å²) in [7, 11) is 2.11. The molecule has 1 aliphatic rings. The predicted octanol–water partition coefficient (Wildman–Crippen LogP) is 3.92. The van der Waals surface area contributed by atoms with Crippen molar-refractivity contribution in [1.29, 1.82) is 0 Å². The third-order valence-electron chi connectivity index (χ3n) is 4.33. The van der Waals surface area contributed by atoms with Gasteiger partial charge in [-0.1, -0.05) is 0 Å². The molecule has 2 rings (SSSR count). The second-order valence-corrected chi connectivity index (χ2v) is 7.57. The van der Waals surface area contributed by atoms with Crippen molar-refractivity contribution in [3.63, 3.8) is 0 Å². The average Bonchev–Trinajstić information content (AvgIpc) is 2.99. The van der Waals surface area contributed by atoms with E-state index in [9.17, 15) is 4.79 Å². The van der Waals surface area contributed by atoms with Crippen LogP contribution in [0.25, 0.3) is 0 Å². The Morgan fingerprint density at radius 2 is 2.26 bits per heavy atom. The first kappa shape index (κ1) is 17.9. The van der Waals surface area contributed by atoms with Crippen molar-refractivity contribution < 1.29 is 13.9 Å². The van der Waals surface area contributed by atoms with E-state index in [-0.39, 0.29) is 12.1 Å². The van der Waals surface area contributed by atoms with Crippen molar-refractivity contribution in [2.75, 3.05) is 26.7 Å². The largest absolute Gasteiger partial charge is 0.468 e. The third-order valence-corrected chi connectivity index (χ3v) is 4.33. The number of ether oxygens (including phenoxy) is 1. The fraction of sp³-hybridized carbons (Fsp3) is 0.722. The molecular formula is C18H30N2O3. The molecule has 1 aromatic rings. The Morgan fingerprint density at radius 1 is 1.52 bits per heavy atom. The summed E-state index contributed by atoms with van der Waals surface area (Å²) in [6.45, 7) is 10.4. The van der Waals surface area contributed by atoms with E-state index in [1.807, 2.05) is 37.8 Å². The fourth-order valence-electron chi connectivity index (χ4n) is 3.02. The Bertz CT molecular complexity index is 493. The summed E-state index contributed by atoms with van der Waals surface area (Å²) in [6.07, 6.45) is 3.70. The van der Waals surface area contributed by atoms with Gasteiger partial charge in [0, 0.05) is 19.6 Å². The van der Waals surface area contributed by atoms with Gasteiger partial charge in [0.2, 0.25) is 0 Å². The van der Waals surface area contributed by atoms with E-state index in [1.165, 1.54) is 0 Å². The second-order valence-electron chi connectivity index (χ2n) is 7.57. The fourth-order valence-corrected chi connectivity index (χ4v) is 3.02. The maximum Gasteiger partial charge on any atom is 0.410 e. The summed E-state index contributed by atoms with van der Waals surface area (Å²) in [6, 6.07) is 4.17. The first-order chi connectivity index (χ1) is 10.8. The Labute approximate surface area is 139 Å². The molecule has 0 bridgehead atoms. The summed E-state index contributed by atoms with van der Waals surface area (Å²) < 4.78 is 11.0. The predicted molar refractivity (Wildman–Crippen MR) is 90.3 cm³/mol. The van der Waals surface area contributed by atoms with Crippen LogP contribution in [0.1, 0.15) is 52.3 Å². The van der Waals surface area contributed by atoms with E-state index in [1.54, 1.807) is 6.26 Å². The van der Waals surface area contributed by atoms with Crippen LogP contribution >= 0.6 is 0 Å². The molecule has 2 heterocycles. The molecule has 1 saturated heterocycles. The van der Waals surface area contributed by atoms with Gasteiger partial charge in [0.1, 0.15) is 11.4 Å². The van der Waals surface area contributed by atoms with Crippen LogP contribution in [0.2, 0.25) is 0 Å². The highest BCUT2D eigenvalue weighted by Gasteiger charge is 2.29. The standard InChI is InChI=1S/C18H30N2O3/c1-14(16-9-7-11-22-16)19(5)12-15-8-6-10-20(13-15)17(21)23-18(2,3)4/h7,9,11,14-15H,6,8,10,12-13H2,1-5H3/t14-,15-/m0/s1. The minimum Gasteiger partial charge on any atom is -0.468 e. The number of furan rings is 1. The lowest BCUT2D eigenvalue weighted by Crippen LogP contribution is -2.45. The first-order valence-corrected chi connectivity index (χ1v) is 8.48. The smallest absolute Gasteiger partial charge is 0.410 e. The minimum absolute atomic E-state index is 0.191. The third kappa shape index (κ3) is 5.27. The Balaban J connectivity index is 1.87. The molecule has 1 fully saturated rings. The van der Waals surface area contributed by atoms with Gasteiger partial charge in [0.15, 0.2) is 0 Å². The number of amides is 1. The van der Waals surface area contributed by atoms with Crippen molar-refractivity contribution in [3.8, 4) is 0 Å². The van der Waals surface area contributed by atoms with Crippen LogP contribution in [0.15, 0.2) is 22.8 Å². The van der Waals surface area contributed by atoms with Crippen LogP contribution in [0.3, 0.4) is 0 Å². The zero-order valence-electron chi connectivity index (χ0n) is 15.0. The number of rotatable bonds is 4. The number of carbonyl (C=O) groups excluding carboxylic acids is 1. The molecule has 130 valence electrons. The molecule has 0 aliphatic carbocycles. The van der Waals surface area contributed by atoms with E-state index in [4.69, 9.17) is 9.15 Å². The summed E-state index contributed by atoms with van der Waals surface area (Å²) in [5.41, 5.74) is -0.436. The molecule has 0 unspecified atom stereocenters. The van der Waals surface area contributed by atoms with E-state index >= 15 is 0 Å². The monoisotopic (exact) mass is 322 g/mol. The molecule has 0 spiro atoms. The van der Waals surface area contributed by atoms with Crippen LogP contribution in [-0.2, 0) is 4.74 Å². The van der Waals surface area contributed by atoms with Crippen LogP contribution in [0, 0.1) is 5.92 Å². The molecule has 0 saturated carbocycles. The normalized spacial score (nSPS) is 20.6. The Morgan fingerprint density at radius 3 is 2.87 bits per heavy atom. The van der Waals surface area contributed by atoms with Crippen LogP contribution in [0.5, 0.6) is 0 Å². The lowest BCUT2D eigenvalue weighted by molar-refractivity contribution is 0.0140. The highest BCUT2D eigenvalue weighted by molar-refractivity contribution is 5.68. The van der Waals surface area contributed by atoms with Crippen molar-refractivity contribution >= 4 is 6.09 Å². The number of likely N-dealkylation sites (tertiary alicyclic amines) is 1. The van der Waals surface area contributed by atoms with Gasteiger partial charge in [0.25, 0.3) is 0 Å². The lowest BCUT2D eigenvalue weighted by Gasteiger charge is -2.36. The molecule has 5 heteroatoms. The van der Waals surface area contributed by atoms with Gasteiger partial charge in [-0.3, -0.25) is 4.90 Å². The summed E-state index contributed by atoms with van der Waals surface area (Å²) in [5.74, 6) is 1.45. The number of nitrogens with zero attached hydrogens (tertiary/aromatic N) is 2. The molecule has 23 heavy (non-hydrogen) atoms. The molecule has 0 N–H and O–H groups in total. The zero-order chi connectivity index (χ0) is 17.0. The molecular weight excluding hydrogens is 292 g/mol. The molecule has 1 amide bonds.